The van der Waals surface area contributed by atoms with E-state index >= 15 is 0 Å². The summed E-state index contributed by atoms with van der Waals surface area (Å²) in [5.74, 6) is 0.822. The third-order valence-corrected chi connectivity index (χ3v) is 2.39. The number of allylic oxidation sites excluding steroid dienone is 5. The Morgan fingerprint density at radius 2 is 1.73 bits per heavy atom. The molecule has 0 aliphatic heterocycles. The molecule has 0 aromatic carbocycles. The fourth-order valence-electron chi connectivity index (χ4n) is 1.47. The lowest BCUT2D eigenvalue weighted by Crippen LogP contribution is -1.97. The van der Waals surface area contributed by atoms with Crippen molar-refractivity contribution in [1.82, 2.24) is 0 Å². The lowest BCUT2D eigenvalue weighted by Gasteiger charge is -2.12. The van der Waals surface area contributed by atoms with Crippen LogP contribution in [0, 0.1) is 5.92 Å². The van der Waals surface area contributed by atoms with E-state index in [2.05, 4.69) is 45.6 Å². The first-order valence-electron chi connectivity index (χ1n) is 6.22. The van der Waals surface area contributed by atoms with Gasteiger partial charge in [0.2, 0.25) is 0 Å². The van der Waals surface area contributed by atoms with Gasteiger partial charge in [-0.2, -0.15) is 0 Å². The molecule has 0 N–H and O–H groups in total. The molecule has 0 aliphatic carbocycles. The molecule has 0 radical (unpaired) electrons. The van der Waals surface area contributed by atoms with Gasteiger partial charge in [0.25, 0.3) is 0 Å². The molecule has 0 amide bonds. The van der Waals surface area contributed by atoms with Crippen LogP contribution in [0.3, 0.4) is 0 Å². The van der Waals surface area contributed by atoms with Gasteiger partial charge >= 0.3 is 0 Å². The van der Waals surface area contributed by atoms with E-state index < -0.39 is 0 Å². The highest BCUT2D eigenvalue weighted by Crippen LogP contribution is 2.19. The SMILES string of the molecule is C=C/C=C(\C=C/C)CC(CC)CC.CC. The maximum atomic E-state index is 3.73. The van der Waals surface area contributed by atoms with Gasteiger partial charge < -0.3 is 0 Å². The zero-order valence-corrected chi connectivity index (χ0v) is 11.2. The monoisotopic (exact) mass is 208 g/mol. The number of hydrogen-bond donors (Lipinski definition) is 0. The second-order valence-electron chi connectivity index (χ2n) is 3.36. The van der Waals surface area contributed by atoms with E-state index in [4.69, 9.17) is 0 Å². The van der Waals surface area contributed by atoms with Gasteiger partial charge in [-0.1, -0.05) is 71.4 Å². The van der Waals surface area contributed by atoms with E-state index in [-0.39, 0.29) is 0 Å². The molecule has 0 fully saturated rings. The van der Waals surface area contributed by atoms with Crippen molar-refractivity contribution >= 4 is 0 Å². The standard InChI is InChI=1S/C13H22.C2H6/c1-5-9-13(10-6-2)11-12(7-3)8-4;1-2/h5-6,9-10,12H,1,7-8,11H2,2-4H3;1-2H3/b10-6-,13-9+;. The quantitative estimate of drug-likeness (QED) is 0.504. The molecule has 0 aromatic heterocycles. The summed E-state index contributed by atoms with van der Waals surface area (Å²) < 4.78 is 0. The van der Waals surface area contributed by atoms with E-state index in [0.29, 0.717) is 0 Å². The van der Waals surface area contributed by atoms with E-state index in [1.165, 1.54) is 24.8 Å². The Kier molecular flexibility index (Phi) is 14.7. The Labute approximate surface area is 96.8 Å². The van der Waals surface area contributed by atoms with Gasteiger partial charge in [-0.15, -0.1) is 0 Å². The summed E-state index contributed by atoms with van der Waals surface area (Å²) in [5.41, 5.74) is 1.39. The largest absolute Gasteiger partial charge is 0.0991 e. The Morgan fingerprint density at radius 3 is 2.07 bits per heavy atom. The molecule has 0 atom stereocenters. The predicted molar refractivity (Wildman–Crippen MR) is 73.1 cm³/mol. The van der Waals surface area contributed by atoms with Gasteiger partial charge in [0.1, 0.15) is 0 Å². The molecule has 0 aromatic rings. The topological polar surface area (TPSA) is 0 Å². The highest BCUT2D eigenvalue weighted by Gasteiger charge is 2.04. The van der Waals surface area contributed by atoms with Crippen LogP contribution in [-0.4, -0.2) is 0 Å². The van der Waals surface area contributed by atoms with E-state index in [9.17, 15) is 0 Å². The molecule has 0 bridgehead atoms. The summed E-state index contributed by atoms with van der Waals surface area (Å²) in [6.45, 7) is 14.3. The van der Waals surface area contributed by atoms with Gasteiger partial charge in [-0.05, 0) is 24.8 Å². The van der Waals surface area contributed by atoms with Crippen LogP contribution in [0.2, 0.25) is 0 Å². The minimum absolute atomic E-state index is 0.822. The highest BCUT2D eigenvalue weighted by molar-refractivity contribution is 5.22. The normalized spacial score (nSPS) is 11.5. The lowest BCUT2D eigenvalue weighted by atomic mass is 9.94. The minimum Gasteiger partial charge on any atom is -0.0991 e. The van der Waals surface area contributed by atoms with E-state index in [1.54, 1.807) is 0 Å². The molecule has 0 aliphatic rings. The van der Waals surface area contributed by atoms with Gasteiger partial charge in [0.05, 0.1) is 0 Å². The first kappa shape index (κ1) is 16.6. The average Bonchev–Trinajstić information content (AvgIpc) is 2.29. The molecule has 0 spiro atoms. The highest BCUT2D eigenvalue weighted by atomic mass is 14.1. The van der Waals surface area contributed by atoms with Crippen LogP contribution in [-0.2, 0) is 0 Å². The summed E-state index contributed by atoms with van der Waals surface area (Å²) in [5, 5.41) is 0. The third-order valence-electron chi connectivity index (χ3n) is 2.39. The molecule has 88 valence electrons. The van der Waals surface area contributed by atoms with Crippen molar-refractivity contribution < 1.29 is 0 Å². The molecule has 0 saturated heterocycles. The average molecular weight is 208 g/mol. The summed E-state index contributed by atoms with van der Waals surface area (Å²) in [7, 11) is 0. The molecule has 0 nitrogen and oxygen atoms in total. The van der Waals surface area contributed by atoms with Crippen molar-refractivity contribution in [3.8, 4) is 0 Å². The zero-order chi connectivity index (χ0) is 12.1. The van der Waals surface area contributed by atoms with Gasteiger partial charge in [0.15, 0.2) is 0 Å². The third kappa shape index (κ3) is 9.52. The zero-order valence-electron chi connectivity index (χ0n) is 11.2. The smallest absolute Gasteiger partial charge is 0.0251 e. The predicted octanol–water partition coefficient (Wildman–Crippen LogP) is 5.53. The van der Waals surface area contributed by atoms with Crippen molar-refractivity contribution in [1.29, 1.82) is 0 Å². The summed E-state index contributed by atoms with van der Waals surface area (Å²) >= 11 is 0. The fourth-order valence-corrected chi connectivity index (χ4v) is 1.47. The Bertz CT molecular complexity index is 180. The second-order valence-corrected chi connectivity index (χ2v) is 3.36. The van der Waals surface area contributed by atoms with Crippen molar-refractivity contribution in [2.45, 2.75) is 53.9 Å². The van der Waals surface area contributed by atoms with Crippen LogP contribution in [0.15, 0.2) is 36.5 Å². The van der Waals surface area contributed by atoms with E-state index in [0.717, 1.165) is 5.92 Å². The Hall–Kier alpha value is -0.780. The number of rotatable bonds is 6. The van der Waals surface area contributed by atoms with Crippen LogP contribution in [0.5, 0.6) is 0 Å². The minimum atomic E-state index is 0.822. The maximum Gasteiger partial charge on any atom is -0.0251 e. The van der Waals surface area contributed by atoms with Crippen LogP contribution in [0.4, 0.5) is 0 Å². The maximum absolute atomic E-state index is 3.73. The molecular weight excluding hydrogens is 180 g/mol. The van der Waals surface area contributed by atoms with Crippen LogP contribution >= 0.6 is 0 Å². The van der Waals surface area contributed by atoms with Crippen LogP contribution in [0.25, 0.3) is 0 Å². The summed E-state index contributed by atoms with van der Waals surface area (Å²) in [6, 6.07) is 0. The second kappa shape index (κ2) is 13.2. The Morgan fingerprint density at radius 1 is 1.20 bits per heavy atom. The summed E-state index contributed by atoms with van der Waals surface area (Å²) in [6.07, 6.45) is 12.0. The molecule has 0 saturated carbocycles. The van der Waals surface area contributed by atoms with Crippen molar-refractivity contribution in [2.24, 2.45) is 5.92 Å². The van der Waals surface area contributed by atoms with Gasteiger partial charge in [-0.25, -0.2) is 0 Å². The van der Waals surface area contributed by atoms with Crippen molar-refractivity contribution in [3.63, 3.8) is 0 Å². The van der Waals surface area contributed by atoms with Crippen LogP contribution in [0.1, 0.15) is 53.9 Å². The lowest BCUT2D eigenvalue weighted by molar-refractivity contribution is 0.492. The van der Waals surface area contributed by atoms with Crippen molar-refractivity contribution in [3.05, 3.63) is 36.5 Å². The fraction of sp³-hybridized carbons (Fsp3) is 0.600. The van der Waals surface area contributed by atoms with Crippen molar-refractivity contribution in [2.75, 3.05) is 0 Å². The molecule has 0 unspecified atom stereocenters. The molecule has 15 heavy (non-hydrogen) atoms. The molecule has 0 heterocycles. The van der Waals surface area contributed by atoms with Crippen LogP contribution < -0.4 is 0 Å². The first-order chi connectivity index (χ1) is 7.28. The van der Waals surface area contributed by atoms with E-state index in [1.807, 2.05) is 19.9 Å². The summed E-state index contributed by atoms with van der Waals surface area (Å²) in [4.78, 5) is 0. The molecule has 0 rings (SSSR count). The van der Waals surface area contributed by atoms with Gasteiger partial charge in [-0.3, -0.25) is 0 Å². The molecule has 0 heteroatoms. The first-order valence-corrected chi connectivity index (χ1v) is 6.22. The Balaban J connectivity index is 0. The molecular formula is C15H28. The van der Waals surface area contributed by atoms with Gasteiger partial charge in [0, 0.05) is 0 Å². The number of hydrogen-bond acceptors (Lipinski definition) is 0.